The van der Waals surface area contributed by atoms with Crippen molar-refractivity contribution in [2.75, 3.05) is 13.2 Å². The Bertz CT molecular complexity index is 471. The molecule has 0 unspecified atom stereocenters. The van der Waals surface area contributed by atoms with E-state index >= 15 is 0 Å². The minimum absolute atomic E-state index is 0.413. The maximum Gasteiger partial charge on any atom is 0.265 e. The fourth-order valence-electron chi connectivity index (χ4n) is 1.24. The van der Waals surface area contributed by atoms with Crippen LogP contribution in [0.4, 0.5) is 0 Å². The predicted molar refractivity (Wildman–Crippen MR) is 68.1 cm³/mol. The third-order valence-corrected chi connectivity index (χ3v) is 2.11. The Labute approximate surface area is 110 Å². The van der Waals surface area contributed by atoms with E-state index in [-0.39, 0.29) is 0 Å². The predicted octanol–water partition coefficient (Wildman–Crippen LogP) is -0.338. The molecule has 0 fully saturated rings. The van der Waals surface area contributed by atoms with Gasteiger partial charge in [-0.05, 0) is 11.6 Å². The van der Waals surface area contributed by atoms with Crippen molar-refractivity contribution in [3.05, 3.63) is 42.0 Å². The van der Waals surface area contributed by atoms with Crippen LogP contribution in [0, 0.1) is 0 Å². The lowest BCUT2D eigenvalue weighted by molar-refractivity contribution is -0.138. The lowest BCUT2D eigenvalue weighted by atomic mass is 10.2. The Balaban J connectivity index is 2.69. The number of aliphatic hydroxyl groups excluding tert-OH is 1. The standard InChI is InChI=1S/C13H13N2O4/c16-9-8-15(14-12(18)10-17)13(19)7-6-11-4-2-1-3-5-11/h1-7,17H,8,10H2,(H,14,18). The zero-order valence-corrected chi connectivity index (χ0v) is 10.1. The van der Waals surface area contributed by atoms with Crippen LogP contribution >= 0.6 is 0 Å². The zero-order valence-electron chi connectivity index (χ0n) is 10.1. The molecule has 0 saturated carbocycles. The molecule has 0 bridgehead atoms. The minimum atomic E-state index is -0.781. The van der Waals surface area contributed by atoms with E-state index in [0.29, 0.717) is 0 Å². The molecule has 0 aliphatic heterocycles. The van der Waals surface area contributed by atoms with E-state index in [1.54, 1.807) is 18.2 Å². The van der Waals surface area contributed by atoms with Gasteiger partial charge in [-0.1, -0.05) is 30.3 Å². The van der Waals surface area contributed by atoms with E-state index in [1.807, 2.05) is 18.2 Å². The van der Waals surface area contributed by atoms with Crippen molar-refractivity contribution in [3.8, 4) is 0 Å². The summed E-state index contributed by atoms with van der Waals surface area (Å²) in [6.07, 6.45) is 4.26. The number of aliphatic hydroxyl groups is 1. The Morgan fingerprint density at radius 1 is 1.32 bits per heavy atom. The number of rotatable bonds is 5. The first kappa shape index (κ1) is 14.6. The summed E-state index contributed by atoms with van der Waals surface area (Å²) in [5.74, 6) is -1.37. The summed E-state index contributed by atoms with van der Waals surface area (Å²) in [6.45, 7) is -1.19. The molecule has 2 amide bonds. The lowest BCUT2D eigenvalue weighted by Gasteiger charge is -2.18. The van der Waals surface area contributed by atoms with Gasteiger partial charge >= 0.3 is 0 Å². The van der Waals surface area contributed by atoms with Crippen LogP contribution in [-0.2, 0) is 14.4 Å². The zero-order chi connectivity index (χ0) is 14.1. The van der Waals surface area contributed by atoms with Crippen LogP contribution in [0.5, 0.6) is 0 Å². The van der Waals surface area contributed by atoms with Gasteiger partial charge in [0.05, 0.1) is 0 Å². The molecule has 0 spiro atoms. The number of carbonyl (C=O) groups excluding carboxylic acids is 3. The molecular formula is C13H13N2O4. The molecule has 2 N–H and O–H groups in total. The number of nitrogens with zero attached hydrogens (tertiary/aromatic N) is 1. The van der Waals surface area contributed by atoms with Gasteiger partial charge in [-0.15, -0.1) is 0 Å². The summed E-state index contributed by atoms with van der Waals surface area (Å²) in [5, 5.41) is 9.34. The highest BCUT2D eigenvalue weighted by atomic mass is 16.3. The van der Waals surface area contributed by atoms with Gasteiger partial charge in [0.2, 0.25) is 6.29 Å². The van der Waals surface area contributed by atoms with Crippen molar-refractivity contribution in [2.24, 2.45) is 0 Å². The molecule has 1 radical (unpaired) electrons. The number of amides is 2. The van der Waals surface area contributed by atoms with Crippen LogP contribution in [0.15, 0.2) is 36.4 Å². The van der Waals surface area contributed by atoms with Crippen molar-refractivity contribution in [2.45, 2.75) is 0 Å². The SMILES string of the molecule is O=[C]CN(NC(=O)CO)C(=O)C=Cc1ccccc1. The van der Waals surface area contributed by atoms with Gasteiger partial charge in [0, 0.05) is 6.08 Å². The molecule has 0 atom stereocenters. The summed E-state index contributed by atoms with van der Waals surface area (Å²) in [5.41, 5.74) is 2.89. The van der Waals surface area contributed by atoms with Crippen LogP contribution in [0.3, 0.4) is 0 Å². The average molecular weight is 261 g/mol. The normalized spacial score (nSPS) is 10.2. The molecule has 0 saturated heterocycles. The Morgan fingerprint density at radius 3 is 2.58 bits per heavy atom. The smallest absolute Gasteiger partial charge is 0.265 e. The Kier molecular flexibility index (Phi) is 5.97. The summed E-state index contributed by atoms with van der Waals surface area (Å²) < 4.78 is 0. The highest BCUT2D eigenvalue weighted by Crippen LogP contribution is 2.01. The van der Waals surface area contributed by atoms with Crippen LogP contribution < -0.4 is 5.43 Å². The van der Waals surface area contributed by atoms with Crippen LogP contribution in [-0.4, -0.2) is 41.4 Å². The maximum atomic E-state index is 11.7. The molecule has 1 aromatic rings. The van der Waals surface area contributed by atoms with Crippen LogP contribution in [0.1, 0.15) is 5.56 Å². The van der Waals surface area contributed by atoms with Crippen LogP contribution in [0.2, 0.25) is 0 Å². The quantitative estimate of drug-likeness (QED) is 0.561. The first-order valence-electron chi connectivity index (χ1n) is 5.47. The molecular weight excluding hydrogens is 248 g/mol. The van der Waals surface area contributed by atoms with Gasteiger partial charge in [-0.2, -0.15) is 0 Å². The largest absolute Gasteiger partial charge is 0.386 e. The summed E-state index contributed by atoms with van der Waals surface area (Å²) in [4.78, 5) is 33.0. The molecule has 0 aromatic heterocycles. The van der Waals surface area contributed by atoms with E-state index < -0.39 is 25.0 Å². The van der Waals surface area contributed by atoms with Crippen molar-refractivity contribution in [3.63, 3.8) is 0 Å². The third-order valence-electron chi connectivity index (χ3n) is 2.11. The molecule has 6 heteroatoms. The summed E-state index contributed by atoms with van der Waals surface area (Å²) in [6, 6.07) is 9.07. The number of nitrogens with one attached hydrogen (secondary N) is 1. The number of hydrogen-bond acceptors (Lipinski definition) is 4. The summed E-state index contributed by atoms with van der Waals surface area (Å²) >= 11 is 0. The molecule has 0 heterocycles. The van der Waals surface area contributed by atoms with E-state index in [0.717, 1.165) is 10.6 Å². The third kappa shape index (κ3) is 5.13. The van der Waals surface area contributed by atoms with Crippen molar-refractivity contribution < 1.29 is 19.5 Å². The average Bonchev–Trinajstić information content (AvgIpc) is 2.45. The number of benzene rings is 1. The highest BCUT2D eigenvalue weighted by Gasteiger charge is 2.12. The lowest BCUT2D eigenvalue weighted by Crippen LogP contribution is -2.47. The van der Waals surface area contributed by atoms with Gasteiger partial charge < -0.3 is 5.11 Å². The number of carbonyl (C=O) groups is 2. The van der Waals surface area contributed by atoms with E-state index in [2.05, 4.69) is 5.43 Å². The fraction of sp³-hybridized carbons (Fsp3) is 0.154. The van der Waals surface area contributed by atoms with Crippen molar-refractivity contribution in [1.82, 2.24) is 10.4 Å². The topological polar surface area (TPSA) is 86.7 Å². The molecule has 0 aliphatic carbocycles. The maximum absolute atomic E-state index is 11.7. The molecule has 6 nitrogen and oxygen atoms in total. The molecule has 0 aliphatic rings. The number of hydrogen-bond donors (Lipinski definition) is 2. The van der Waals surface area contributed by atoms with Gasteiger partial charge in [-0.3, -0.25) is 19.8 Å². The highest BCUT2D eigenvalue weighted by molar-refractivity contribution is 5.94. The molecule has 99 valence electrons. The molecule has 1 aromatic carbocycles. The minimum Gasteiger partial charge on any atom is -0.386 e. The van der Waals surface area contributed by atoms with E-state index in [9.17, 15) is 14.4 Å². The van der Waals surface area contributed by atoms with Gasteiger partial charge in [-0.25, -0.2) is 5.01 Å². The Hall–Kier alpha value is -2.47. The first-order chi connectivity index (χ1) is 9.17. The molecule has 19 heavy (non-hydrogen) atoms. The van der Waals surface area contributed by atoms with Crippen molar-refractivity contribution >= 4 is 24.2 Å². The van der Waals surface area contributed by atoms with Gasteiger partial charge in [0.25, 0.3) is 11.8 Å². The fourth-order valence-corrected chi connectivity index (χ4v) is 1.24. The monoisotopic (exact) mass is 261 g/mol. The summed E-state index contributed by atoms with van der Waals surface area (Å²) in [7, 11) is 0. The number of hydrazine groups is 1. The van der Waals surface area contributed by atoms with Gasteiger partial charge in [0.15, 0.2) is 0 Å². The van der Waals surface area contributed by atoms with E-state index in [4.69, 9.17) is 5.11 Å². The van der Waals surface area contributed by atoms with Crippen LogP contribution in [0.25, 0.3) is 6.08 Å². The second kappa shape index (κ2) is 7.78. The molecule has 1 rings (SSSR count). The Morgan fingerprint density at radius 2 is 2.00 bits per heavy atom. The second-order valence-corrected chi connectivity index (χ2v) is 3.51. The van der Waals surface area contributed by atoms with E-state index in [1.165, 1.54) is 12.4 Å². The van der Waals surface area contributed by atoms with Crippen molar-refractivity contribution in [1.29, 1.82) is 0 Å². The van der Waals surface area contributed by atoms with Gasteiger partial charge in [0.1, 0.15) is 13.2 Å². The first-order valence-corrected chi connectivity index (χ1v) is 5.47. The second-order valence-electron chi connectivity index (χ2n) is 3.51.